The third-order valence-corrected chi connectivity index (χ3v) is 5.67. The molecule has 138 valence electrons. The molecule has 0 radical (unpaired) electrons. The van der Waals surface area contributed by atoms with E-state index in [0.29, 0.717) is 11.4 Å². The average Bonchev–Trinajstić information content (AvgIpc) is 2.90. The van der Waals surface area contributed by atoms with Crippen LogP contribution in [0.4, 0.5) is 5.82 Å². The van der Waals surface area contributed by atoms with Crippen molar-refractivity contribution in [3.05, 3.63) is 45.7 Å². The molecule has 0 saturated heterocycles. The van der Waals surface area contributed by atoms with Gasteiger partial charge in [-0.05, 0) is 30.5 Å². The lowest BCUT2D eigenvalue weighted by atomic mass is 9.87. The summed E-state index contributed by atoms with van der Waals surface area (Å²) >= 11 is 0. The zero-order chi connectivity index (χ0) is 18.1. The summed E-state index contributed by atoms with van der Waals surface area (Å²) in [6.45, 7) is 0. The highest BCUT2D eigenvalue weighted by Crippen LogP contribution is 2.38. The number of benzene rings is 1. The van der Waals surface area contributed by atoms with E-state index in [1.54, 1.807) is 18.2 Å². The minimum atomic E-state index is -0.329. The topological polar surface area (TPSA) is 87.1 Å². The molecule has 1 fully saturated rings. The Balaban J connectivity index is 1.76. The molecule has 1 atom stereocenters. The number of fused-ring (bicyclic) bond motifs is 1. The van der Waals surface area contributed by atoms with Gasteiger partial charge in [-0.3, -0.25) is 19.4 Å². The average molecular weight is 355 g/mol. The van der Waals surface area contributed by atoms with Crippen LogP contribution in [-0.4, -0.2) is 20.8 Å². The SMILES string of the molecule is O=C1C[C@H](c2cccc(O)c2)c2c(n(C3CCCCCCC3)[nH]c2=O)N1. The number of hydrogen-bond donors (Lipinski definition) is 3. The molecule has 1 aromatic heterocycles. The molecular formula is C20H25N3O3. The van der Waals surface area contributed by atoms with Gasteiger partial charge in [-0.2, -0.15) is 0 Å². The van der Waals surface area contributed by atoms with Crippen molar-refractivity contribution in [3.8, 4) is 5.75 Å². The predicted molar refractivity (Wildman–Crippen MR) is 99.6 cm³/mol. The molecule has 0 bridgehead atoms. The molecule has 4 rings (SSSR count). The van der Waals surface area contributed by atoms with Crippen molar-refractivity contribution >= 4 is 11.7 Å². The number of carbonyl (C=O) groups excluding carboxylic acids is 1. The van der Waals surface area contributed by atoms with Crippen molar-refractivity contribution in [3.63, 3.8) is 0 Å². The first kappa shape index (κ1) is 16.9. The number of nitrogens with zero attached hydrogens (tertiary/aromatic N) is 1. The Morgan fingerprint density at radius 1 is 1.04 bits per heavy atom. The number of amides is 1. The van der Waals surface area contributed by atoms with Crippen LogP contribution in [0.15, 0.2) is 29.1 Å². The maximum absolute atomic E-state index is 12.8. The van der Waals surface area contributed by atoms with Gasteiger partial charge in [-0.25, -0.2) is 0 Å². The fourth-order valence-electron chi connectivity index (χ4n) is 4.38. The number of carbonyl (C=O) groups is 1. The van der Waals surface area contributed by atoms with Gasteiger partial charge >= 0.3 is 0 Å². The minimum Gasteiger partial charge on any atom is -0.508 e. The lowest BCUT2D eigenvalue weighted by Crippen LogP contribution is -2.27. The number of rotatable bonds is 2. The molecule has 0 unspecified atom stereocenters. The van der Waals surface area contributed by atoms with Crippen molar-refractivity contribution in [2.45, 2.75) is 63.3 Å². The summed E-state index contributed by atoms with van der Waals surface area (Å²) < 4.78 is 1.90. The fourth-order valence-corrected chi connectivity index (χ4v) is 4.38. The summed E-state index contributed by atoms with van der Waals surface area (Å²) in [5.74, 6) is 0.338. The van der Waals surface area contributed by atoms with Crippen LogP contribution >= 0.6 is 0 Å². The molecule has 1 aliphatic heterocycles. The second kappa shape index (κ2) is 7.02. The summed E-state index contributed by atoms with van der Waals surface area (Å²) in [5.41, 5.74) is 1.26. The van der Waals surface area contributed by atoms with Gasteiger partial charge in [-0.1, -0.05) is 44.2 Å². The Morgan fingerprint density at radius 2 is 1.77 bits per heavy atom. The van der Waals surface area contributed by atoms with Gasteiger partial charge in [0.2, 0.25) is 5.91 Å². The molecule has 1 aliphatic carbocycles. The maximum Gasteiger partial charge on any atom is 0.270 e. The van der Waals surface area contributed by atoms with E-state index in [0.717, 1.165) is 31.2 Å². The van der Waals surface area contributed by atoms with Crippen LogP contribution in [0.1, 0.15) is 74.5 Å². The van der Waals surface area contributed by atoms with E-state index in [-0.39, 0.29) is 35.6 Å². The molecule has 6 heteroatoms. The highest BCUT2D eigenvalue weighted by atomic mass is 16.3. The smallest absolute Gasteiger partial charge is 0.270 e. The van der Waals surface area contributed by atoms with E-state index in [2.05, 4.69) is 10.4 Å². The molecular weight excluding hydrogens is 330 g/mol. The number of aromatic amines is 1. The van der Waals surface area contributed by atoms with Crippen molar-refractivity contribution in [2.24, 2.45) is 0 Å². The summed E-state index contributed by atoms with van der Waals surface area (Å²) in [6, 6.07) is 7.06. The third kappa shape index (κ3) is 3.16. The van der Waals surface area contributed by atoms with Gasteiger partial charge in [0.25, 0.3) is 5.56 Å². The third-order valence-electron chi connectivity index (χ3n) is 5.67. The predicted octanol–water partition coefficient (Wildman–Crippen LogP) is 3.64. The standard InChI is InChI=1S/C20H25N3O3/c24-15-10-6-7-13(11-15)16-12-17(25)21-19-18(16)20(26)22-23(19)14-8-4-2-1-3-5-9-14/h6-7,10-11,14,16,24H,1-5,8-9,12H2,(H,21,25)(H,22,26)/t16-/m1/s1. The van der Waals surface area contributed by atoms with E-state index < -0.39 is 0 Å². The molecule has 1 saturated carbocycles. The molecule has 1 amide bonds. The number of aromatic nitrogens is 2. The lowest BCUT2D eigenvalue weighted by molar-refractivity contribution is -0.116. The second-order valence-corrected chi connectivity index (χ2v) is 7.47. The number of phenols is 1. The van der Waals surface area contributed by atoms with Crippen molar-refractivity contribution in [1.82, 2.24) is 9.78 Å². The molecule has 1 aromatic carbocycles. The first-order valence-electron chi connectivity index (χ1n) is 9.56. The molecule has 26 heavy (non-hydrogen) atoms. The van der Waals surface area contributed by atoms with E-state index in [1.807, 2.05) is 10.7 Å². The van der Waals surface area contributed by atoms with E-state index in [9.17, 15) is 14.7 Å². The Morgan fingerprint density at radius 3 is 2.50 bits per heavy atom. The number of aromatic hydroxyl groups is 1. The largest absolute Gasteiger partial charge is 0.508 e. The summed E-state index contributed by atoms with van der Waals surface area (Å²) in [5, 5.41) is 15.7. The molecule has 6 nitrogen and oxygen atoms in total. The van der Waals surface area contributed by atoms with Crippen LogP contribution in [0.5, 0.6) is 5.75 Å². The van der Waals surface area contributed by atoms with Gasteiger partial charge in [0, 0.05) is 12.3 Å². The fraction of sp³-hybridized carbons (Fsp3) is 0.500. The number of anilines is 1. The van der Waals surface area contributed by atoms with Crippen molar-refractivity contribution in [2.75, 3.05) is 5.32 Å². The monoisotopic (exact) mass is 355 g/mol. The van der Waals surface area contributed by atoms with Gasteiger partial charge in [-0.15, -0.1) is 0 Å². The Bertz CT molecular complexity index is 859. The summed E-state index contributed by atoms with van der Waals surface area (Å²) in [7, 11) is 0. The Kier molecular flexibility index (Phi) is 4.57. The Labute approximate surface area is 152 Å². The zero-order valence-electron chi connectivity index (χ0n) is 14.8. The van der Waals surface area contributed by atoms with E-state index >= 15 is 0 Å². The van der Waals surface area contributed by atoms with Crippen molar-refractivity contribution < 1.29 is 9.90 Å². The summed E-state index contributed by atoms with van der Waals surface area (Å²) in [4.78, 5) is 25.1. The van der Waals surface area contributed by atoms with Crippen LogP contribution in [0.25, 0.3) is 0 Å². The zero-order valence-corrected chi connectivity index (χ0v) is 14.8. The normalized spacial score (nSPS) is 21.5. The van der Waals surface area contributed by atoms with Gasteiger partial charge in [0.1, 0.15) is 11.6 Å². The Hall–Kier alpha value is -2.50. The van der Waals surface area contributed by atoms with Crippen LogP contribution in [0.2, 0.25) is 0 Å². The number of hydrogen-bond acceptors (Lipinski definition) is 3. The molecule has 3 N–H and O–H groups in total. The first-order chi connectivity index (χ1) is 12.6. The number of nitrogens with one attached hydrogen (secondary N) is 2. The molecule has 0 spiro atoms. The molecule has 2 heterocycles. The summed E-state index contributed by atoms with van der Waals surface area (Å²) in [6.07, 6.45) is 8.27. The number of H-pyrrole nitrogens is 1. The van der Waals surface area contributed by atoms with E-state index in [1.165, 1.54) is 19.3 Å². The van der Waals surface area contributed by atoms with Crippen molar-refractivity contribution in [1.29, 1.82) is 0 Å². The van der Waals surface area contributed by atoms with Gasteiger partial charge < -0.3 is 10.4 Å². The first-order valence-corrected chi connectivity index (χ1v) is 9.56. The van der Waals surface area contributed by atoms with Crippen LogP contribution in [-0.2, 0) is 4.79 Å². The molecule has 2 aromatic rings. The van der Waals surface area contributed by atoms with Gasteiger partial charge in [0.05, 0.1) is 11.6 Å². The van der Waals surface area contributed by atoms with E-state index in [4.69, 9.17) is 0 Å². The van der Waals surface area contributed by atoms with Crippen LogP contribution in [0.3, 0.4) is 0 Å². The highest BCUT2D eigenvalue weighted by molar-refractivity contribution is 5.94. The maximum atomic E-state index is 12.8. The number of phenolic OH excluding ortho intramolecular Hbond substituents is 1. The highest BCUT2D eigenvalue weighted by Gasteiger charge is 2.34. The second-order valence-electron chi connectivity index (χ2n) is 7.47. The van der Waals surface area contributed by atoms with Crippen LogP contribution in [0, 0.1) is 0 Å². The molecule has 2 aliphatic rings. The lowest BCUT2D eigenvalue weighted by Gasteiger charge is -2.27. The minimum absolute atomic E-state index is 0.0931. The van der Waals surface area contributed by atoms with Crippen LogP contribution < -0.4 is 10.9 Å². The quantitative estimate of drug-likeness (QED) is 0.768. The van der Waals surface area contributed by atoms with Gasteiger partial charge in [0.15, 0.2) is 0 Å².